The highest BCUT2D eigenvalue weighted by molar-refractivity contribution is 7.89. The summed E-state index contributed by atoms with van der Waals surface area (Å²) in [4.78, 5) is 22.5. The van der Waals surface area contributed by atoms with E-state index in [2.05, 4.69) is 0 Å². The number of non-ortho nitro benzene ring substituents is 1. The molecule has 3 atom stereocenters. The van der Waals surface area contributed by atoms with E-state index in [9.17, 15) is 23.3 Å². The van der Waals surface area contributed by atoms with Gasteiger partial charge < -0.3 is 4.74 Å². The molecule has 2 bridgehead atoms. The van der Waals surface area contributed by atoms with Crippen LogP contribution in [0.1, 0.15) is 12.8 Å². The Kier molecular flexibility index (Phi) is 3.18. The van der Waals surface area contributed by atoms with Crippen LogP contribution in [-0.2, 0) is 19.6 Å². The number of hydrogen-bond donors (Lipinski definition) is 0. The predicted octanol–water partition coefficient (Wildman–Crippen LogP) is 1.02. The third kappa shape index (κ3) is 2.05. The van der Waals surface area contributed by atoms with Gasteiger partial charge in [-0.2, -0.15) is 4.31 Å². The zero-order chi connectivity index (χ0) is 17.1. The Bertz CT molecular complexity index is 862. The van der Waals surface area contributed by atoms with Crippen LogP contribution in [-0.4, -0.2) is 47.7 Å². The summed E-state index contributed by atoms with van der Waals surface area (Å²) < 4.78 is 32.9. The fourth-order valence-corrected chi connectivity index (χ4v) is 5.37. The van der Waals surface area contributed by atoms with E-state index in [0.29, 0.717) is 6.42 Å². The van der Waals surface area contributed by atoms with Gasteiger partial charge in [0.25, 0.3) is 5.69 Å². The number of hydrogen-bond acceptors (Lipinski definition) is 6. The Morgan fingerprint density at radius 2 is 2.00 bits per heavy atom. The van der Waals surface area contributed by atoms with Crippen LogP contribution in [0.4, 0.5) is 5.69 Å². The maximum absolute atomic E-state index is 12.9. The van der Waals surface area contributed by atoms with Crippen LogP contribution in [0.5, 0.6) is 0 Å². The smallest absolute Gasteiger partial charge is 0.269 e. The third-order valence-corrected chi connectivity index (χ3v) is 6.68. The van der Waals surface area contributed by atoms with Crippen LogP contribution in [0, 0.1) is 10.1 Å². The van der Waals surface area contributed by atoms with E-state index in [-0.39, 0.29) is 35.4 Å². The molecule has 24 heavy (non-hydrogen) atoms. The molecule has 4 rings (SSSR count). The van der Waals surface area contributed by atoms with Crippen molar-refractivity contribution in [1.29, 1.82) is 0 Å². The number of fused-ring (bicyclic) bond motifs is 1. The van der Waals surface area contributed by atoms with Crippen LogP contribution >= 0.6 is 0 Å². The van der Waals surface area contributed by atoms with Crippen molar-refractivity contribution in [2.75, 3.05) is 6.54 Å². The van der Waals surface area contributed by atoms with Crippen LogP contribution in [0.15, 0.2) is 41.3 Å². The topological polar surface area (TPSA) is 107 Å². The molecule has 0 N–H and O–H groups in total. The Morgan fingerprint density at radius 3 is 2.67 bits per heavy atom. The van der Waals surface area contributed by atoms with Crippen molar-refractivity contribution < 1.29 is 22.9 Å². The first-order valence-electron chi connectivity index (χ1n) is 7.50. The molecule has 0 unspecified atom stereocenters. The molecule has 0 saturated carbocycles. The number of rotatable bonds is 3. The molecule has 2 fully saturated rings. The second-order valence-corrected chi connectivity index (χ2v) is 8.05. The van der Waals surface area contributed by atoms with Crippen LogP contribution < -0.4 is 0 Å². The van der Waals surface area contributed by atoms with Gasteiger partial charge in [-0.3, -0.25) is 14.9 Å². The second-order valence-electron chi connectivity index (χ2n) is 6.16. The summed E-state index contributed by atoms with van der Waals surface area (Å²) in [7, 11) is -3.94. The minimum absolute atomic E-state index is 0.0675. The number of carbonyl (C=O) groups excluding carboxylic acids is 1. The number of nitro groups is 1. The van der Waals surface area contributed by atoms with E-state index in [1.165, 1.54) is 16.4 Å². The number of ether oxygens (including phenoxy) is 1. The molecule has 1 aromatic rings. The summed E-state index contributed by atoms with van der Waals surface area (Å²) in [5.74, 6) is -0.153. The first kappa shape index (κ1) is 15.4. The van der Waals surface area contributed by atoms with Crippen molar-refractivity contribution in [2.24, 2.45) is 0 Å². The molecule has 126 valence electrons. The fraction of sp³-hybridized carbons (Fsp3) is 0.400. The van der Waals surface area contributed by atoms with Gasteiger partial charge in [0, 0.05) is 25.1 Å². The summed E-state index contributed by atoms with van der Waals surface area (Å²) in [6, 6.07) is 3.81. The summed E-state index contributed by atoms with van der Waals surface area (Å²) in [5.41, 5.74) is -1.06. The van der Waals surface area contributed by atoms with Crippen molar-refractivity contribution in [3.63, 3.8) is 0 Å². The monoisotopic (exact) mass is 350 g/mol. The van der Waals surface area contributed by atoms with Gasteiger partial charge in [-0.05, 0) is 18.6 Å². The highest BCUT2D eigenvalue weighted by Gasteiger charge is 2.59. The zero-order valence-electron chi connectivity index (χ0n) is 12.5. The Morgan fingerprint density at radius 1 is 1.29 bits per heavy atom. The fourth-order valence-electron chi connectivity index (χ4n) is 3.71. The summed E-state index contributed by atoms with van der Waals surface area (Å²) in [6.07, 6.45) is 3.94. The van der Waals surface area contributed by atoms with E-state index < -0.39 is 26.6 Å². The van der Waals surface area contributed by atoms with E-state index in [1.807, 2.05) is 6.08 Å². The zero-order valence-corrected chi connectivity index (χ0v) is 13.3. The SMILES string of the molecule is O=C1C[C@H]2C=C[C@]3(CCN(S(=O)(=O)c4ccc([N+](=O)[O-])cc4)[C@H]13)O2. The molecule has 3 aliphatic heterocycles. The Hall–Kier alpha value is -2.10. The quantitative estimate of drug-likeness (QED) is 0.458. The van der Waals surface area contributed by atoms with Crippen LogP contribution in [0.25, 0.3) is 0 Å². The summed E-state index contributed by atoms with van der Waals surface area (Å²) >= 11 is 0. The number of benzene rings is 1. The molecule has 1 aromatic carbocycles. The van der Waals surface area contributed by atoms with Gasteiger partial charge in [0.05, 0.1) is 15.9 Å². The number of sulfonamides is 1. The maximum atomic E-state index is 12.9. The lowest BCUT2D eigenvalue weighted by Gasteiger charge is -2.37. The molecule has 3 heterocycles. The number of Topliss-reactive ketones (excluding diaryl/α,β-unsaturated/α-hetero) is 1. The van der Waals surface area contributed by atoms with Crippen molar-refractivity contribution in [1.82, 2.24) is 4.31 Å². The minimum atomic E-state index is -3.94. The Balaban J connectivity index is 1.71. The lowest BCUT2D eigenvalue weighted by atomic mass is 9.90. The molecular weight excluding hydrogens is 336 g/mol. The van der Waals surface area contributed by atoms with Gasteiger partial charge in [-0.15, -0.1) is 0 Å². The van der Waals surface area contributed by atoms with Gasteiger partial charge in [0.2, 0.25) is 10.0 Å². The number of carbonyl (C=O) groups is 1. The van der Waals surface area contributed by atoms with Crippen LogP contribution in [0.2, 0.25) is 0 Å². The molecule has 9 heteroatoms. The first-order valence-corrected chi connectivity index (χ1v) is 8.94. The van der Waals surface area contributed by atoms with Crippen LogP contribution in [0.3, 0.4) is 0 Å². The average molecular weight is 350 g/mol. The molecule has 1 spiro atoms. The van der Waals surface area contributed by atoms with Crippen molar-refractivity contribution in [2.45, 2.75) is 35.5 Å². The van der Waals surface area contributed by atoms with Gasteiger partial charge in [0.15, 0.2) is 5.78 Å². The molecule has 8 nitrogen and oxygen atoms in total. The van der Waals surface area contributed by atoms with E-state index in [4.69, 9.17) is 4.74 Å². The standard InChI is InChI=1S/C15H14N2O6S/c18-13-9-11-5-6-15(23-11)7-8-16(14(13)15)24(21,22)12-3-1-10(2-4-12)17(19)20/h1-6,11,14H,7-9H2/t11-,14-,15-/m1/s1. The molecule has 2 saturated heterocycles. The lowest BCUT2D eigenvalue weighted by molar-refractivity contribution is -0.384. The molecular formula is C15H14N2O6S. The van der Waals surface area contributed by atoms with Crippen molar-refractivity contribution in [3.8, 4) is 0 Å². The minimum Gasteiger partial charge on any atom is -0.361 e. The maximum Gasteiger partial charge on any atom is 0.269 e. The molecule has 0 aromatic heterocycles. The van der Waals surface area contributed by atoms with Crippen molar-refractivity contribution >= 4 is 21.5 Å². The highest BCUT2D eigenvalue weighted by Crippen LogP contribution is 2.45. The highest BCUT2D eigenvalue weighted by atomic mass is 32.2. The van der Waals surface area contributed by atoms with Gasteiger partial charge in [-0.25, -0.2) is 8.42 Å². The van der Waals surface area contributed by atoms with Crippen molar-refractivity contribution in [3.05, 3.63) is 46.5 Å². The number of ketones is 1. The predicted molar refractivity (Wildman–Crippen MR) is 81.8 cm³/mol. The number of nitro benzene ring substituents is 1. The van der Waals surface area contributed by atoms with E-state index >= 15 is 0 Å². The summed E-state index contributed by atoms with van der Waals surface area (Å²) in [6.45, 7) is 0.173. The van der Waals surface area contributed by atoms with Gasteiger partial charge in [-0.1, -0.05) is 12.2 Å². The first-order chi connectivity index (χ1) is 11.3. The normalized spacial score (nSPS) is 32.1. The molecule has 3 aliphatic rings. The lowest BCUT2D eigenvalue weighted by Crippen LogP contribution is -2.55. The van der Waals surface area contributed by atoms with E-state index in [0.717, 1.165) is 12.1 Å². The number of nitrogens with zero attached hydrogens (tertiary/aromatic N) is 2. The van der Waals surface area contributed by atoms with Gasteiger partial charge in [0.1, 0.15) is 11.6 Å². The molecule has 0 aliphatic carbocycles. The average Bonchev–Trinajstić information content (AvgIpc) is 3.10. The third-order valence-electron chi connectivity index (χ3n) is 4.80. The summed E-state index contributed by atoms with van der Waals surface area (Å²) in [5, 5.41) is 10.7. The Labute approximate surface area is 137 Å². The molecule has 0 amide bonds. The largest absolute Gasteiger partial charge is 0.361 e. The molecule has 0 radical (unpaired) electrons. The second kappa shape index (κ2) is 4.95. The van der Waals surface area contributed by atoms with Gasteiger partial charge >= 0.3 is 0 Å². The van der Waals surface area contributed by atoms with E-state index in [1.54, 1.807) is 6.08 Å².